The highest BCUT2D eigenvalue weighted by Gasteiger charge is 2.43. The van der Waals surface area contributed by atoms with Crippen LogP contribution in [0.3, 0.4) is 0 Å². The van der Waals surface area contributed by atoms with Crippen LogP contribution in [-0.4, -0.2) is 69.6 Å². The highest BCUT2D eigenvalue weighted by atomic mass is 16.5. The van der Waals surface area contributed by atoms with Crippen LogP contribution in [0.25, 0.3) is 17.0 Å². The lowest BCUT2D eigenvalue weighted by atomic mass is 9.72. The molecule has 44 heavy (non-hydrogen) atoms. The third-order valence-electron chi connectivity index (χ3n) is 8.98. The number of aliphatic hydroxyl groups excluding tert-OH is 1. The van der Waals surface area contributed by atoms with Crippen molar-refractivity contribution < 1.29 is 29.0 Å². The van der Waals surface area contributed by atoms with Gasteiger partial charge in [0, 0.05) is 11.9 Å². The third kappa shape index (κ3) is 6.78. The van der Waals surface area contributed by atoms with Crippen molar-refractivity contribution in [2.75, 3.05) is 6.54 Å². The number of carbonyl (C=O) groups is 4. The number of pyridine rings is 1. The quantitative estimate of drug-likeness (QED) is 0.363. The van der Waals surface area contributed by atoms with E-state index in [1.54, 1.807) is 20.8 Å². The molecule has 11 heteroatoms. The SMILES string of the molecule is CC(C)[C@@H]1OC(=O)C2(C=Cc3ccc4ccc(nc4c3)[C@@H](C)NC(=O)[C@@H]3CCCN(N3)C(=O)[C@H](C)NC1=O)CCC(O)CC2. The topological polar surface area (TPSA) is 150 Å². The number of aromatic nitrogens is 1. The van der Waals surface area contributed by atoms with E-state index in [0.29, 0.717) is 50.8 Å². The number of ether oxygens (including phenoxy) is 1. The molecule has 0 unspecified atom stereocenters. The second kappa shape index (κ2) is 13.0. The van der Waals surface area contributed by atoms with Gasteiger partial charge < -0.3 is 20.5 Å². The average molecular weight is 606 g/mol. The molecule has 3 amide bonds. The number of hydrogen-bond acceptors (Lipinski definition) is 8. The van der Waals surface area contributed by atoms with E-state index in [1.165, 1.54) is 5.01 Å². The highest BCUT2D eigenvalue weighted by Crippen LogP contribution is 2.40. The molecule has 11 nitrogen and oxygen atoms in total. The zero-order valence-electron chi connectivity index (χ0n) is 25.8. The molecule has 1 aliphatic carbocycles. The number of aliphatic hydroxyl groups is 1. The Labute approximate surface area is 257 Å². The Balaban J connectivity index is 1.53. The molecule has 5 rings (SSSR count). The van der Waals surface area contributed by atoms with Gasteiger partial charge in [0.05, 0.1) is 28.8 Å². The molecule has 1 saturated carbocycles. The summed E-state index contributed by atoms with van der Waals surface area (Å²) in [6.07, 6.45) is 4.84. The molecule has 2 aliphatic heterocycles. The van der Waals surface area contributed by atoms with Crippen molar-refractivity contribution >= 4 is 40.7 Å². The van der Waals surface area contributed by atoms with E-state index in [2.05, 4.69) is 16.1 Å². The molecular weight excluding hydrogens is 562 g/mol. The van der Waals surface area contributed by atoms with Gasteiger partial charge in [0.25, 0.3) is 11.8 Å². The molecule has 3 aliphatic rings. The number of hydrazine groups is 1. The molecule has 1 aromatic carbocycles. The summed E-state index contributed by atoms with van der Waals surface area (Å²) in [7, 11) is 0. The monoisotopic (exact) mass is 605 g/mol. The van der Waals surface area contributed by atoms with Crippen molar-refractivity contribution in [1.29, 1.82) is 0 Å². The number of nitrogens with zero attached hydrogens (tertiary/aromatic N) is 2. The Kier molecular flexibility index (Phi) is 9.36. The van der Waals surface area contributed by atoms with E-state index < -0.39 is 47.5 Å². The Bertz CT molecular complexity index is 1450. The zero-order valence-corrected chi connectivity index (χ0v) is 25.8. The molecule has 1 spiro atoms. The second-order valence-corrected chi connectivity index (χ2v) is 12.8. The number of benzene rings is 1. The normalized spacial score (nSPS) is 30.8. The van der Waals surface area contributed by atoms with Crippen LogP contribution in [0.4, 0.5) is 0 Å². The maximum Gasteiger partial charge on any atom is 0.316 e. The fraction of sp³-hybridized carbons (Fsp3) is 0.545. The number of carbonyl (C=O) groups excluding carboxylic acids is 4. The molecule has 4 N–H and O–H groups in total. The van der Waals surface area contributed by atoms with E-state index in [4.69, 9.17) is 9.72 Å². The van der Waals surface area contributed by atoms with Gasteiger partial charge in [-0.05, 0) is 76.0 Å². The molecule has 1 saturated heterocycles. The first-order valence-corrected chi connectivity index (χ1v) is 15.6. The minimum absolute atomic E-state index is 0.245. The van der Waals surface area contributed by atoms with Crippen LogP contribution in [0.5, 0.6) is 0 Å². The van der Waals surface area contributed by atoms with Gasteiger partial charge in [0.15, 0.2) is 6.10 Å². The molecule has 1 aromatic heterocycles. The van der Waals surface area contributed by atoms with E-state index in [9.17, 15) is 24.3 Å². The van der Waals surface area contributed by atoms with Gasteiger partial charge in [-0.3, -0.25) is 29.2 Å². The largest absolute Gasteiger partial charge is 0.451 e. The zero-order chi connectivity index (χ0) is 31.6. The molecule has 4 atom stereocenters. The minimum Gasteiger partial charge on any atom is -0.451 e. The van der Waals surface area contributed by atoms with Crippen molar-refractivity contribution in [2.24, 2.45) is 11.3 Å². The first-order chi connectivity index (χ1) is 21.0. The molecule has 3 heterocycles. The van der Waals surface area contributed by atoms with E-state index in [-0.39, 0.29) is 17.9 Å². The Morgan fingerprint density at radius 2 is 1.68 bits per heavy atom. The summed E-state index contributed by atoms with van der Waals surface area (Å²) in [5.41, 5.74) is 4.27. The summed E-state index contributed by atoms with van der Waals surface area (Å²) in [6, 6.07) is 7.74. The number of esters is 1. The first kappa shape index (κ1) is 31.6. The van der Waals surface area contributed by atoms with Crippen molar-refractivity contribution in [3.8, 4) is 0 Å². The summed E-state index contributed by atoms with van der Waals surface area (Å²) >= 11 is 0. The standard InChI is InChI=1S/C33H43N5O6/c1-19(2)28-30(41)35-21(4)31(42)38-17-5-6-26(37-38)29(40)34-20(3)25-10-9-23-8-7-22(18-27(23)36-25)11-14-33(32(43)44-28)15-12-24(39)13-16-33/h7-11,14,18-21,24,26,28,37,39H,5-6,12-13,15-17H2,1-4H3,(H,34,40)(H,35,41)/t20-,21+,24?,26+,28+,33?/m1/s1. The lowest BCUT2D eigenvalue weighted by molar-refractivity contribution is -0.168. The highest BCUT2D eigenvalue weighted by molar-refractivity contribution is 5.92. The number of cyclic esters (lactones) is 1. The van der Waals surface area contributed by atoms with Crippen LogP contribution in [0, 0.1) is 11.3 Å². The maximum atomic E-state index is 13.9. The number of fused-ring (bicyclic) bond motifs is 4. The van der Waals surface area contributed by atoms with E-state index >= 15 is 0 Å². The van der Waals surface area contributed by atoms with Crippen molar-refractivity contribution in [3.05, 3.63) is 47.7 Å². The van der Waals surface area contributed by atoms with Crippen molar-refractivity contribution in [1.82, 2.24) is 26.1 Å². The van der Waals surface area contributed by atoms with E-state index in [0.717, 1.165) is 16.5 Å². The molecule has 5 bridgehead atoms. The Morgan fingerprint density at radius 3 is 2.41 bits per heavy atom. The van der Waals surface area contributed by atoms with Crippen LogP contribution in [-0.2, 0) is 23.9 Å². The maximum absolute atomic E-state index is 13.9. The van der Waals surface area contributed by atoms with Gasteiger partial charge in [-0.2, -0.15) is 0 Å². The van der Waals surface area contributed by atoms with E-state index in [1.807, 2.05) is 49.4 Å². The lowest BCUT2D eigenvalue weighted by Gasteiger charge is -2.36. The van der Waals surface area contributed by atoms with Gasteiger partial charge in [0.2, 0.25) is 5.91 Å². The minimum atomic E-state index is -1.12. The second-order valence-electron chi connectivity index (χ2n) is 12.8. The summed E-state index contributed by atoms with van der Waals surface area (Å²) in [5, 5.41) is 18.3. The smallest absolute Gasteiger partial charge is 0.316 e. The van der Waals surface area contributed by atoms with Gasteiger partial charge >= 0.3 is 5.97 Å². The fourth-order valence-electron chi connectivity index (χ4n) is 6.15. The predicted molar refractivity (Wildman–Crippen MR) is 164 cm³/mol. The summed E-state index contributed by atoms with van der Waals surface area (Å²) in [6.45, 7) is 7.39. The predicted octanol–water partition coefficient (Wildman–Crippen LogP) is 2.93. The first-order valence-electron chi connectivity index (χ1n) is 15.6. The molecule has 2 aromatic rings. The van der Waals surface area contributed by atoms with Crippen LogP contribution in [0.15, 0.2) is 36.4 Å². The average Bonchev–Trinajstić information content (AvgIpc) is 3.01. The molecular formula is C33H43N5O6. The third-order valence-corrected chi connectivity index (χ3v) is 8.98. The van der Waals surface area contributed by atoms with Gasteiger partial charge in [-0.1, -0.05) is 44.2 Å². The van der Waals surface area contributed by atoms with Crippen LogP contribution in [0.2, 0.25) is 0 Å². The molecule has 236 valence electrons. The van der Waals surface area contributed by atoms with Crippen LogP contribution in [0.1, 0.15) is 83.5 Å². The number of hydrogen-bond donors (Lipinski definition) is 4. The summed E-state index contributed by atoms with van der Waals surface area (Å²) < 4.78 is 5.93. The van der Waals surface area contributed by atoms with Gasteiger partial charge in [-0.25, -0.2) is 5.43 Å². The summed E-state index contributed by atoms with van der Waals surface area (Å²) in [5.74, 6) is -2.09. The number of amides is 3. The van der Waals surface area contributed by atoms with Gasteiger partial charge in [-0.15, -0.1) is 0 Å². The van der Waals surface area contributed by atoms with Crippen LogP contribution >= 0.6 is 0 Å². The lowest BCUT2D eigenvalue weighted by Crippen LogP contribution is -2.61. The van der Waals surface area contributed by atoms with Crippen molar-refractivity contribution in [2.45, 2.75) is 96.6 Å². The fourth-order valence-corrected chi connectivity index (χ4v) is 6.15. The number of nitrogens with one attached hydrogen (secondary N) is 3. The molecule has 2 fully saturated rings. The summed E-state index contributed by atoms with van der Waals surface area (Å²) in [4.78, 5) is 58.7. The number of rotatable bonds is 1. The Hall–Kier alpha value is -3.83. The molecule has 0 radical (unpaired) electrons. The van der Waals surface area contributed by atoms with Gasteiger partial charge in [0.1, 0.15) is 12.1 Å². The van der Waals surface area contributed by atoms with Crippen LogP contribution < -0.4 is 16.1 Å². The van der Waals surface area contributed by atoms with Crippen molar-refractivity contribution in [3.63, 3.8) is 0 Å². The Morgan fingerprint density at radius 1 is 0.977 bits per heavy atom.